The minimum Gasteiger partial charge on any atom is -0.467 e. The Hall–Kier alpha value is -1.63. The molecule has 0 bridgehead atoms. The second-order valence-corrected chi connectivity index (χ2v) is 4.27. The second kappa shape index (κ2) is 5.13. The van der Waals surface area contributed by atoms with E-state index in [9.17, 15) is 0 Å². The number of aromatic nitrogens is 3. The molecular weight excluding hydrogens is 220 g/mol. The summed E-state index contributed by atoms with van der Waals surface area (Å²) in [6.45, 7) is 2.23. The molecule has 1 aromatic rings. The van der Waals surface area contributed by atoms with Gasteiger partial charge in [0.25, 0.3) is 0 Å². The predicted molar refractivity (Wildman–Crippen MR) is 64.6 cm³/mol. The highest BCUT2D eigenvalue weighted by Gasteiger charge is 2.24. The van der Waals surface area contributed by atoms with Crippen LogP contribution in [0.3, 0.4) is 0 Å². The van der Waals surface area contributed by atoms with Gasteiger partial charge in [-0.3, -0.25) is 5.43 Å². The molecule has 0 radical (unpaired) electrons. The van der Waals surface area contributed by atoms with Crippen LogP contribution in [0, 0.1) is 5.92 Å². The number of hydrogen-bond acceptors (Lipinski definition) is 7. The number of rotatable bonds is 4. The summed E-state index contributed by atoms with van der Waals surface area (Å²) in [6, 6.07) is 0.661. The van der Waals surface area contributed by atoms with Crippen molar-refractivity contribution in [3.63, 3.8) is 0 Å². The molecule has 1 aliphatic carbocycles. The normalized spacial score (nSPS) is 23.5. The van der Waals surface area contributed by atoms with E-state index in [1.807, 2.05) is 0 Å². The average Bonchev–Trinajstić information content (AvgIpc) is 2.74. The monoisotopic (exact) mass is 238 g/mol. The maximum atomic E-state index is 5.29. The maximum Gasteiger partial charge on any atom is 0.322 e. The third-order valence-electron chi connectivity index (χ3n) is 3.10. The zero-order valence-corrected chi connectivity index (χ0v) is 10.1. The van der Waals surface area contributed by atoms with Crippen molar-refractivity contribution in [1.82, 2.24) is 15.0 Å². The van der Waals surface area contributed by atoms with Crippen LogP contribution in [0.1, 0.15) is 26.2 Å². The van der Waals surface area contributed by atoms with Crippen LogP contribution in [0.4, 0.5) is 11.9 Å². The van der Waals surface area contributed by atoms with Crippen molar-refractivity contribution >= 4 is 11.9 Å². The Labute approximate surface area is 100 Å². The molecule has 2 rings (SSSR count). The number of nitrogens with one attached hydrogen (secondary N) is 2. The maximum absolute atomic E-state index is 5.29. The molecule has 0 saturated heterocycles. The fourth-order valence-electron chi connectivity index (χ4n) is 2.10. The van der Waals surface area contributed by atoms with Gasteiger partial charge in [0.2, 0.25) is 11.9 Å². The van der Waals surface area contributed by atoms with E-state index in [2.05, 4.69) is 32.6 Å². The SMILES string of the molecule is COc1nc(NN)nc(NC2CCCC2C)n1. The van der Waals surface area contributed by atoms with Crippen LogP contribution < -0.4 is 21.3 Å². The molecule has 17 heavy (non-hydrogen) atoms. The van der Waals surface area contributed by atoms with Crippen molar-refractivity contribution in [2.75, 3.05) is 17.9 Å². The number of nitrogen functional groups attached to an aromatic ring is 1. The van der Waals surface area contributed by atoms with E-state index in [1.165, 1.54) is 20.0 Å². The summed E-state index contributed by atoms with van der Waals surface area (Å²) >= 11 is 0. The Bertz CT molecular complexity index is 363. The Kier molecular flexibility index (Phi) is 3.58. The Balaban J connectivity index is 2.14. The highest BCUT2D eigenvalue weighted by Crippen LogP contribution is 2.27. The van der Waals surface area contributed by atoms with Crippen molar-refractivity contribution in [3.05, 3.63) is 0 Å². The standard InChI is InChI=1S/C10H18N6O/c1-6-4-3-5-7(6)12-8-13-9(16-11)15-10(14-8)17-2/h6-7H,3-5,11H2,1-2H3,(H2,12,13,14,15,16). The smallest absolute Gasteiger partial charge is 0.322 e. The van der Waals surface area contributed by atoms with Gasteiger partial charge in [0.1, 0.15) is 0 Å². The molecule has 1 heterocycles. The topological polar surface area (TPSA) is 98.0 Å². The Morgan fingerprint density at radius 3 is 2.59 bits per heavy atom. The molecule has 0 aromatic carbocycles. The Morgan fingerprint density at radius 2 is 2.00 bits per heavy atom. The van der Waals surface area contributed by atoms with Gasteiger partial charge in [0, 0.05) is 6.04 Å². The second-order valence-electron chi connectivity index (χ2n) is 4.27. The highest BCUT2D eigenvalue weighted by atomic mass is 16.5. The van der Waals surface area contributed by atoms with Crippen LogP contribution in [0.15, 0.2) is 0 Å². The van der Waals surface area contributed by atoms with Gasteiger partial charge < -0.3 is 10.1 Å². The largest absolute Gasteiger partial charge is 0.467 e. The summed E-state index contributed by atoms with van der Waals surface area (Å²) in [7, 11) is 1.51. The average molecular weight is 238 g/mol. The van der Waals surface area contributed by atoms with Gasteiger partial charge in [0.05, 0.1) is 7.11 Å². The van der Waals surface area contributed by atoms with Crippen molar-refractivity contribution in [3.8, 4) is 6.01 Å². The van der Waals surface area contributed by atoms with Crippen LogP contribution in [0.25, 0.3) is 0 Å². The van der Waals surface area contributed by atoms with Crippen molar-refractivity contribution < 1.29 is 4.74 Å². The first-order valence-electron chi connectivity index (χ1n) is 5.76. The molecule has 1 aromatic heterocycles. The lowest BCUT2D eigenvalue weighted by Crippen LogP contribution is -2.24. The quantitative estimate of drug-likeness (QED) is 0.526. The molecule has 0 aliphatic heterocycles. The molecular formula is C10H18N6O. The van der Waals surface area contributed by atoms with Crippen LogP contribution in [0.5, 0.6) is 6.01 Å². The van der Waals surface area contributed by atoms with E-state index < -0.39 is 0 Å². The number of hydrazine groups is 1. The number of methoxy groups -OCH3 is 1. The van der Waals surface area contributed by atoms with E-state index in [1.54, 1.807) is 0 Å². The van der Waals surface area contributed by atoms with Crippen molar-refractivity contribution in [1.29, 1.82) is 0 Å². The molecule has 1 aliphatic rings. The third-order valence-corrected chi connectivity index (χ3v) is 3.10. The lowest BCUT2D eigenvalue weighted by molar-refractivity contribution is 0.379. The zero-order valence-electron chi connectivity index (χ0n) is 10.1. The molecule has 0 amide bonds. The van der Waals surface area contributed by atoms with E-state index in [0.29, 0.717) is 23.9 Å². The van der Waals surface area contributed by atoms with Gasteiger partial charge in [0.15, 0.2) is 0 Å². The minimum atomic E-state index is 0.251. The molecule has 2 unspecified atom stereocenters. The molecule has 1 fully saturated rings. The van der Waals surface area contributed by atoms with Crippen molar-refractivity contribution in [2.24, 2.45) is 11.8 Å². The summed E-state index contributed by atoms with van der Waals surface area (Å²) in [6.07, 6.45) is 3.62. The van der Waals surface area contributed by atoms with E-state index >= 15 is 0 Å². The summed E-state index contributed by atoms with van der Waals surface area (Å²) < 4.78 is 4.99. The molecule has 7 heteroatoms. The number of nitrogens with zero attached hydrogens (tertiary/aromatic N) is 3. The van der Waals surface area contributed by atoms with Gasteiger partial charge in [-0.25, -0.2) is 5.84 Å². The molecule has 0 spiro atoms. The van der Waals surface area contributed by atoms with Crippen LogP contribution in [-0.2, 0) is 0 Å². The van der Waals surface area contributed by atoms with E-state index in [0.717, 1.165) is 6.42 Å². The number of nitrogens with two attached hydrogens (primary N) is 1. The zero-order chi connectivity index (χ0) is 12.3. The fraction of sp³-hybridized carbons (Fsp3) is 0.700. The third kappa shape index (κ3) is 2.73. The molecule has 7 nitrogen and oxygen atoms in total. The lowest BCUT2D eigenvalue weighted by Gasteiger charge is -2.17. The van der Waals surface area contributed by atoms with E-state index in [-0.39, 0.29) is 6.01 Å². The first-order chi connectivity index (χ1) is 8.22. The van der Waals surface area contributed by atoms with Gasteiger partial charge in [-0.2, -0.15) is 15.0 Å². The minimum absolute atomic E-state index is 0.251. The fourth-order valence-corrected chi connectivity index (χ4v) is 2.10. The molecule has 1 saturated carbocycles. The van der Waals surface area contributed by atoms with E-state index in [4.69, 9.17) is 10.6 Å². The molecule has 4 N–H and O–H groups in total. The van der Waals surface area contributed by atoms with Crippen LogP contribution in [-0.4, -0.2) is 28.1 Å². The van der Waals surface area contributed by atoms with Gasteiger partial charge >= 0.3 is 6.01 Å². The van der Waals surface area contributed by atoms with Gasteiger partial charge in [-0.1, -0.05) is 13.3 Å². The van der Waals surface area contributed by atoms with Gasteiger partial charge in [-0.15, -0.1) is 0 Å². The first kappa shape index (κ1) is 11.8. The summed E-state index contributed by atoms with van der Waals surface area (Å²) in [5.41, 5.74) is 2.40. The van der Waals surface area contributed by atoms with Crippen LogP contribution in [0.2, 0.25) is 0 Å². The summed E-state index contributed by atoms with van der Waals surface area (Å²) in [4.78, 5) is 12.2. The lowest BCUT2D eigenvalue weighted by atomic mass is 10.1. The number of hydrogen-bond donors (Lipinski definition) is 3. The van der Waals surface area contributed by atoms with Crippen molar-refractivity contribution in [2.45, 2.75) is 32.2 Å². The van der Waals surface area contributed by atoms with Crippen LogP contribution >= 0.6 is 0 Å². The Morgan fingerprint density at radius 1 is 1.24 bits per heavy atom. The number of ether oxygens (including phenoxy) is 1. The summed E-state index contributed by atoms with van der Waals surface area (Å²) in [5, 5.41) is 3.30. The predicted octanol–water partition coefficient (Wildman–Crippen LogP) is 0.766. The molecule has 94 valence electrons. The van der Waals surface area contributed by atoms with Gasteiger partial charge in [-0.05, 0) is 18.8 Å². The molecule has 2 atom stereocenters. The summed E-state index contributed by atoms with van der Waals surface area (Å²) in [5.74, 6) is 6.72. The number of anilines is 2. The highest BCUT2D eigenvalue weighted by molar-refractivity contribution is 5.36. The first-order valence-corrected chi connectivity index (χ1v) is 5.76.